The summed E-state index contributed by atoms with van der Waals surface area (Å²) in [6.45, 7) is 3.02. The van der Waals surface area contributed by atoms with Crippen LogP contribution in [-0.4, -0.2) is 56.8 Å². The van der Waals surface area contributed by atoms with Gasteiger partial charge in [0.2, 0.25) is 15.9 Å². The van der Waals surface area contributed by atoms with E-state index in [-0.39, 0.29) is 29.3 Å². The quantitative estimate of drug-likeness (QED) is 0.592. The fourth-order valence-electron chi connectivity index (χ4n) is 3.75. The van der Waals surface area contributed by atoms with Gasteiger partial charge in [-0.15, -0.1) is 0 Å². The number of amides is 1. The lowest BCUT2D eigenvalue weighted by Gasteiger charge is -2.27. The molecule has 1 N–H and O–H groups in total. The summed E-state index contributed by atoms with van der Waals surface area (Å²) in [5.41, 5.74) is 0.586. The number of hydrogen-bond acceptors (Lipinski definition) is 5. The monoisotopic (exact) mass is 481 g/mol. The van der Waals surface area contributed by atoms with Gasteiger partial charge in [-0.25, -0.2) is 17.2 Å². The van der Waals surface area contributed by atoms with Gasteiger partial charge in [0, 0.05) is 37.0 Å². The Morgan fingerprint density at radius 3 is 2.52 bits per heavy atom. The molecule has 0 unspecified atom stereocenters. The minimum absolute atomic E-state index is 0.0192. The number of rotatable bonds is 9. The van der Waals surface area contributed by atoms with Crippen LogP contribution in [-0.2, 0) is 21.4 Å². The van der Waals surface area contributed by atoms with Crippen LogP contribution in [0.5, 0.6) is 5.75 Å². The molecule has 2 aromatic carbocycles. The number of ether oxygens (including phenoxy) is 1. The van der Waals surface area contributed by atoms with Gasteiger partial charge in [-0.3, -0.25) is 9.69 Å². The van der Waals surface area contributed by atoms with Crippen molar-refractivity contribution in [3.8, 4) is 5.75 Å². The number of carbonyl (C=O) groups is 1. The summed E-state index contributed by atoms with van der Waals surface area (Å²) in [7, 11) is -2.14. The SMILES string of the molecule is CCOc1ccc(NC(=O)CN(C)Cc2ccc(F)cc2F)cc1S(=O)(=O)N1CCCCC1. The van der Waals surface area contributed by atoms with Crippen molar-refractivity contribution in [3.63, 3.8) is 0 Å². The highest BCUT2D eigenvalue weighted by Gasteiger charge is 2.29. The predicted octanol–water partition coefficient (Wildman–Crippen LogP) is 3.61. The molecule has 33 heavy (non-hydrogen) atoms. The first-order valence-electron chi connectivity index (χ1n) is 10.9. The fourth-order valence-corrected chi connectivity index (χ4v) is 5.42. The summed E-state index contributed by atoms with van der Waals surface area (Å²) < 4.78 is 60.4. The topological polar surface area (TPSA) is 79.0 Å². The molecule has 0 aromatic heterocycles. The normalized spacial score (nSPS) is 14.9. The van der Waals surface area contributed by atoms with Crippen LogP contribution in [0, 0.1) is 11.6 Å². The second-order valence-corrected chi connectivity index (χ2v) is 9.92. The van der Waals surface area contributed by atoms with Gasteiger partial charge in [0.15, 0.2) is 0 Å². The summed E-state index contributed by atoms with van der Waals surface area (Å²) in [5.74, 6) is -1.50. The first-order chi connectivity index (χ1) is 15.7. The van der Waals surface area contributed by atoms with Gasteiger partial charge in [-0.05, 0) is 51.1 Å². The van der Waals surface area contributed by atoms with Gasteiger partial charge in [0.1, 0.15) is 22.3 Å². The number of likely N-dealkylation sites (N-methyl/N-ethyl adjacent to an activating group) is 1. The minimum atomic E-state index is -3.77. The average molecular weight is 482 g/mol. The molecule has 0 aliphatic carbocycles. The van der Waals surface area contributed by atoms with E-state index in [1.165, 1.54) is 22.5 Å². The Morgan fingerprint density at radius 2 is 1.85 bits per heavy atom. The highest BCUT2D eigenvalue weighted by atomic mass is 32.2. The number of nitrogens with one attached hydrogen (secondary N) is 1. The van der Waals surface area contributed by atoms with Gasteiger partial charge in [0.05, 0.1) is 13.2 Å². The minimum Gasteiger partial charge on any atom is -0.492 e. The highest BCUT2D eigenvalue weighted by Crippen LogP contribution is 2.31. The Bertz CT molecular complexity index is 1090. The molecule has 1 fully saturated rings. The van der Waals surface area contributed by atoms with Gasteiger partial charge < -0.3 is 10.1 Å². The molecule has 0 saturated carbocycles. The Balaban J connectivity index is 1.72. The lowest BCUT2D eigenvalue weighted by Crippen LogP contribution is -2.36. The van der Waals surface area contributed by atoms with Crippen LogP contribution in [0.1, 0.15) is 31.7 Å². The maximum atomic E-state index is 13.9. The standard InChI is InChI=1S/C23H29F2N3O4S/c1-3-32-21-10-9-19(14-22(21)33(30,31)28-11-5-4-6-12-28)26-23(29)16-27(2)15-17-7-8-18(24)13-20(17)25/h7-10,13-14H,3-6,11-12,15-16H2,1-2H3,(H,26,29). The van der Waals surface area contributed by atoms with Crippen molar-refractivity contribution in [2.45, 2.75) is 37.6 Å². The molecule has 1 saturated heterocycles. The second-order valence-electron chi connectivity index (χ2n) is 8.02. The van der Waals surface area contributed by atoms with Gasteiger partial charge >= 0.3 is 0 Å². The molecule has 1 heterocycles. The maximum absolute atomic E-state index is 13.9. The van der Waals surface area contributed by atoms with E-state index in [0.29, 0.717) is 25.4 Å². The van der Waals surface area contributed by atoms with Crippen LogP contribution in [0.2, 0.25) is 0 Å². The Hall–Kier alpha value is -2.56. The third-order valence-corrected chi connectivity index (χ3v) is 7.25. The molecule has 7 nitrogen and oxygen atoms in total. The number of carbonyl (C=O) groups excluding carboxylic acids is 1. The maximum Gasteiger partial charge on any atom is 0.246 e. The largest absolute Gasteiger partial charge is 0.492 e. The number of nitrogens with zero attached hydrogens (tertiary/aromatic N) is 2. The molecule has 0 atom stereocenters. The summed E-state index contributed by atoms with van der Waals surface area (Å²) >= 11 is 0. The first-order valence-corrected chi connectivity index (χ1v) is 12.3. The van der Waals surface area contributed by atoms with Crippen molar-refractivity contribution in [2.24, 2.45) is 0 Å². The summed E-state index contributed by atoms with van der Waals surface area (Å²) in [6.07, 6.45) is 2.61. The van der Waals surface area contributed by atoms with Crippen LogP contribution in [0.15, 0.2) is 41.3 Å². The number of halogens is 2. The molecule has 1 amide bonds. The Kier molecular flexibility index (Phi) is 8.39. The van der Waals surface area contributed by atoms with Crippen LogP contribution in [0.3, 0.4) is 0 Å². The zero-order valence-corrected chi connectivity index (χ0v) is 19.6. The van der Waals surface area contributed by atoms with E-state index >= 15 is 0 Å². The second kappa shape index (κ2) is 11.0. The molecular weight excluding hydrogens is 452 g/mol. The van der Waals surface area contributed by atoms with E-state index < -0.39 is 27.6 Å². The number of piperidine rings is 1. The molecule has 2 aromatic rings. The van der Waals surface area contributed by atoms with E-state index in [0.717, 1.165) is 31.4 Å². The van der Waals surface area contributed by atoms with Crippen molar-refractivity contribution in [3.05, 3.63) is 53.6 Å². The lowest BCUT2D eigenvalue weighted by atomic mass is 10.2. The average Bonchev–Trinajstić information content (AvgIpc) is 2.77. The third-order valence-electron chi connectivity index (χ3n) is 5.33. The Labute approximate surface area is 193 Å². The molecule has 3 rings (SSSR count). The molecule has 1 aliphatic rings. The van der Waals surface area contributed by atoms with Crippen molar-refractivity contribution in [1.29, 1.82) is 0 Å². The summed E-state index contributed by atoms with van der Waals surface area (Å²) in [4.78, 5) is 14.1. The smallest absolute Gasteiger partial charge is 0.246 e. The van der Waals surface area contributed by atoms with E-state index in [4.69, 9.17) is 4.74 Å². The fraction of sp³-hybridized carbons (Fsp3) is 0.435. The van der Waals surface area contributed by atoms with E-state index in [9.17, 15) is 22.0 Å². The highest BCUT2D eigenvalue weighted by molar-refractivity contribution is 7.89. The summed E-state index contributed by atoms with van der Waals surface area (Å²) in [5, 5.41) is 2.69. The number of anilines is 1. The Morgan fingerprint density at radius 1 is 1.12 bits per heavy atom. The lowest BCUT2D eigenvalue weighted by molar-refractivity contribution is -0.117. The van der Waals surface area contributed by atoms with Crippen molar-refractivity contribution in [2.75, 3.05) is 38.6 Å². The zero-order valence-electron chi connectivity index (χ0n) is 18.8. The van der Waals surface area contributed by atoms with Gasteiger partial charge in [-0.2, -0.15) is 4.31 Å². The zero-order chi connectivity index (χ0) is 24.0. The molecule has 1 aliphatic heterocycles. The molecular formula is C23H29F2N3O4S. The van der Waals surface area contributed by atoms with Gasteiger partial charge in [0.25, 0.3) is 0 Å². The predicted molar refractivity (Wildman–Crippen MR) is 122 cm³/mol. The molecule has 10 heteroatoms. The van der Waals surface area contributed by atoms with Crippen LogP contribution in [0.4, 0.5) is 14.5 Å². The van der Waals surface area contributed by atoms with Crippen LogP contribution >= 0.6 is 0 Å². The van der Waals surface area contributed by atoms with Crippen LogP contribution < -0.4 is 10.1 Å². The number of hydrogen-bond donors (Lipinski definition) is 1. The number of benzene rings is 2. The number of sulfonamides is 1. The molecule has 0 bridgehead atoms. The molecule has 0 spiro atoms. The van der Waals surface area contributed by atoms with Crippen molar-refractivity contribution >= 4 is 21.6 Å². The summed E-state index contributed by atoms with van der Waals surface area (Å²) in [6, 6.07) is 7.82. The van der Waals surface area contributed by atoms with Crippen molar-refractivity contribution in [1.82, 2.24) is 9.21 Å². The van der Waals surface area contributed by atoms with E-state index in [1.54, 1.807) is 24.9 Å². The third kappa shape index (κ3) is 6.49. The molecule has 180 valence electrons. The van der Waals surface area contributed by atoms with E-state index in [2.05, 4.69) is 5.32 Å². The van der Waals surface area contributed by atoms with Crippen molar-refractivity contribution < 1.29 is 26.7 Å². The first kappa shape index (κ1) is 25.1. The van der Waals surface area contributed by atoms with Crippen LogP contribution in [0.25, 0.3) is 0 Å². The molecule has 0 radical (unpaired) electrons. The van der Waals surface area contributed by atoms with E-state index in [1.807, 2.05) is 0 Å². The van der Waals surface area contributed by atoms with Gasteiger partial charge in [-0.1, -0.05) is 12.5 Å².